The van der Waals surface area contributed by atoms with Crippen LogP contribution in [0.15, 0.2) is 205 Å². The van der Waals surface area contributed by atoms with E-state index in [0.29, 0.717) is 23.2 Å². The minimum absolute atomic E-state index is 0.514. The van der Waals surface area contributed by atoms with E-state index in [1.54, 1.807) is 0 Å². The van der Waals surface area contributed by atoms with E-state index >= 15 is 0 Å². The molecule has 0 aliphatic heterocycles. The van der Waals surface area contributed by atoms with E-state index in [2.05, 4.69) is 209 Å². The normalized spacial score (nSPS) is 12.1. The number of fused-ring (bicyclic) bond motifs is 13. The molecule has 0 radical (unpaired) electrons. The van der Waals surface area contributed by atoms with Crippen LogP contribution in [0.2, 0.25) is 0 Å². The molecule has 0 N–H and O–H groups in total. The van der Waals surface area contributed by atoms with Gasteiger partial charge in [0, 0.05) is 43.3 Å². The second-order valence-corrected chi connectivity index (χ2v) is 16.3. The van der Waals surface area contributed by atoms with E-state index in [0.717, 1.165) is 92.9 Å². The molecule has 14 aromatic rings. The summed E-state index contributed by atoms with van der Waals surface area (Å²) in [7, 11) is 0. The van der Waals surface area contributed by atoms with Gasteiger partial charge in [-0.05, 0) is 75.5 Å². The van der Waals surface area contributed by atoms with Crippen LogP contribution < -0.4 is 0 Å². The van der Waals surface area contributed by atoms with Gasteiger partial charge < -0.3 is 8.98 Å². The van der Waals surface area contributed by atoms with E-state index in [1.807, 2.05) is 0 Å². The van der Waals surface area contributed by atoms with Crippen LogP contribution >= 0.6 is 0 Å². The lowest BCUT2D eigenvalue weighted by Gasteiger charge is -2.16. The standard InChI is InChI=1S/C57H33N5O/c1-2-17-37-33-51-46(32-36(37)16-1)42-23-9-10-25-47(42)61(51)50-31-30-44-43-29-28-35-15-4-6-20-39(35)53(43)63-54(44)52(50)56-58-55(45-24-13-18-34-14-3-5-19-38(34)45)59-57(60-56)62-48-26-11-7-21-40(48)41-22-8-12-27-49(41)62/h1-33H. The molecule has 63 heavy (non-hydrogen) atoms. The highest BCUT2D eigenvalue weighted by molar-refractivity contribution is 6.19. The monoisotopic (exact) mass is 803 g/mol. The summed E-state index contributed by atoms with van der Waals surface area (Å²) in [5, 5.41) is 13.3. The lowest BCUT2D eigenvalue weighted by atomic mass is 10.0. The van der Waals surface area contributed by atoms with Crippen molar-refractivity contribution in [2.24, 2.45) is 0 Å². The first-order chi connectivity index (χ1) is 31.2. The number of aromatic nitrogens is 5. The van der Waals surface area contributed by atoms with Gasteiger partial charge in [-0.2, -0.15) is 9.97 Å². The lowest BCUT2D eigenvalue weighted by molar-refractivity contribution is 0.673. The average molecular weight is 804 g/mol. The summed E-state index contributed by atoms with van der Waals surface area (Å²) in [6, 6.07) is 70.8. The van der Waals surface area contributed by atoms with Crippen molar-refractivity contribution in [3.63, 3.8) is 0 Å². The zero-order valence-electron chi connectivity index (χ0n) is 33.7. The highest BCUT2D eigenvalue weighted by Gasteiger charge is 2.26. The number of hydrogen-bond acceptors (Lipinski definition) is 4. The van der Waals surface area contributed by atoms with E-state index in [-0.39, 0.29) is 0 Å². The summed E-state index contributed by atoms with van der Waals surface area (Å²) in [4.78, 5) is 16.5. The Hall–Kier alpha value is -8.61. The molecule has 0 atom stereocenters. The Bertz CT molecular complexity index is 4170. The van der Waals surface area contributed by atoms with Gasteiger partial charge >= 0.3 is 0 Å². The van der Waals surface area contributed by atoms with Gasteiger partial charge in [0.25, 0.3) is 0 Å². The number of para-hydroxylation sites is 3. The van der Waals surface area contributed by atoms with Crippen molar-refractivity contribution in [2.45, 2.75) is 0 Å². The van der Waals surface area contributed by atoms with Gasteiger partial charge in [-0.15, -0.1) is 0 Å². The molecule has 0 bridgehead atoms. The quantitative estimate of drug-likeness (QED) is 0.178. The Morgan fingerprint density at radius 3 is 1.57 bits per heavy atom. The largest absolute Gasteiger partial charge is 0.455 e. The molecule has 0 fully saturated rings. The molecule has 0 amide bonds. The van der Waals surface area contributed by atoms with Gasteiger partial charge in [0.2, 0.25) is 5.95 Å². The second kappa shape index (κ2) is 12.9. The predicted molar refractivity (Wildman–Crippen MR) is 259 cm³/mol. The molecule has 0 spiro atoms. The summed E-state index contributed by atoms with van der Waals surface area (Å²) in [5.74, 6) is 1.62. The Kier molecular flexibility index (Phi) is 7.02. The number of hydrogen-bond donors (Lipinski definition) is 0. The molecule has 4 aromatic heterocycles. The molecule has 10 aromatic carbocycles. The van der Waals surface area contributed by atoms with Crippen LogP contribution in [0.5, 0.6) is 0 Å². The fourth-order valence-corrected chi connectivity index (χ4v) is 10.1. The Labute approximate surface area is 359 Å². The van der Waals surface area contributed by atoms with Crippen molar-refractivity contribution in [2.75, 3.05) is 0 Å². The molecule has 14 rings (SSSR count). The van der Waals surface area contributed by atoms with E-state index in [9.17, 15) is 0 Å². The molecule has 0 unspecified atom stereocenters. The molecule has 6 nitrogen and oxygen atoms in total. The molecule has 6 heteroatoms. The fourth-order valence-electron chi connectivity index (χ4n) is 10.1. The van der Waals surface area contributed by atoms with E-state index in [4.69, 9.17) is 19.4 Å². The summed E-state index contributed by atoms with van der Waals surface area (Å²) >= 11 is 0. The van der Waals surface area contributed by atoms with Crippen LogP contribution in [-0.2, 0) is 0 Å². The predicted octanol–water partition coefficient (Wildman–Crippen LogP) is 14.8. The number of nitrogens with zero attached hydrogens (tertiary/aromatic N) is 5. The third-order valence-corrected chi connectivity index (χ3v) is 12.9. The summed E-state index contributed by atoms with van der Waals surface area (Å²) < 4.78 is 11.8. The number of rotatable bonds is 4. The van der Waals surface area contributed by atoms with Crippen molar-refractivity contribution in [3.05, 3.63) is 200 Å². The van der Waals surface area contributed by atoms with E-state index in [1.165, 1.54) is 16.2 Å². The Morgan fingerprint density at radius 2 is 0.841 bits per heavy atom. The Balaban J connectivity index is 1.17. The minimum atomic E-state index is 0.514. The highest BCUT2D eigenvalue weighted by atomic mass is 16.3. The molecule has 4 heterocycles. The fraction of sp³-hybridized carbons (Fsp3) is 0. The van der Waals surface area contributed by atoms with E-state index < -0.39 is 0 Å². The molecule has 0 aliphatic carbocycles. The summed E-state index contributed by atoms with van der Waals surface area (Å²) in [6.07, 6.45) is 0. The van der Waals surface area contributed by atoms with Crippen LogP contribution in [-0.4, -0.2) is 24.1 Å². The van der Waals surface area contributed by atoms with Crippen molar-refractivity contribution in [3.8, 4) is 34.4 Å². The van der Waals surface area contributed by atoms with Crippen LogP contribution in [0.1, 0.15) is 0 Å². The van der Waals surface area contributed by atoms with Crippen molar-refractivity contribution < 1.29 is 4.42 Å². The Morgan fingerprint density at radius 1 is 0.317 bits per heavy atom. The first kappa shape index (κ1) is 34.1. The third kappa shape index (κ3) is 4.91. The van der Waals surface area contributed by atoms with Gasteiger partial charge in [0.15, 0.2) is 11.6 Å². The van der Waals surface area contributed by atoms with Crippen LogP contribution in [0.3, 0.4) is 0 Å². The average Bonchev–Trinajstić information content (AvgIpc) is 4.00. The number of benzene rings is 10. The number of furan rings is 1. The zero-order chi connectivity index (χ0) is 41.2. The van der Waals surface area contributed by atoms with Crippen molar-refractivity contribution in [1.29, 1.82) is 0 Å². The van der Waals surface area contributed by atoms with Gasteiger partial charge in [0.05, 0.1) is 33.3 Å². The van der Waals surface area contributed by atoms with Crippen LogP contribution in [0.25, 0.3) is 132 Å². The maximum absolute atomic E-state index is 7.25. The van der Waals surface area contributed by atoms with Gasteiger partial charge in [-0.1, -0.05) is 152 Å². The molecule has 292 valence electrons. The molecular formula is C57H33N5O. The van der Waals surface area contributed by atoms with Crippen molar-refractivity contribution in [1.82, 2.24) is 24.1 Å². The molecule has 0 aliphatic rings. The summed E-state index contributed by atoms with van der Waals surface area (Å²) in [6.45, 7) is 0. The molecular weight excluding hydrogens is 771 g/mol. The van der Waals surface area contributed by atoms with Gasteiger partial charge in [-0.3, -0.25) is 4.57 Å². The maximum Gasteiger partial charge on any atom is 0.238 e. The maximum atomic E-state index is 7.25. The zero-order valence-corrected chi connectivity index (χ0v) is 33.7. The first-order valence-corrected chi connectivity index (χ1v) is 21.3. The third-order valence-electron chi connectivity index (χ3n) is 12.9. The topological polar surface area (TPSA) is 61.7 Å². The van der Waals surface area contributed by atoms with Crippen LogP contribution in [0, 0.1) is 0 Å². The SMILES string of the molecule is c1ccc2cc3c(cc2c1)c1ccccc1n3-c1ccc2c(oc3c4ccccc4ccc23)c1-c1nc(-c2cccc3ccccc23)nc(-n2c3ccccc3c3ccccc32)n1. The van der Waals surface area contributed by atoms with Crippen molar-refractivity contribution >= 4 is 97.9 Å². The van der Waals surface area contributed by atoms with Gasteiger partial charge in [0.1, 0.15) is 11.2 Å². The summed E-state index contributed by atoms with van der Waals surface area (Å²) in [5.41, 5.74) is 8.37. The lowest BCUT2D eigenvalue weighted by Crippen LogP contribution is -2.08. The van der Waals surface area contributed by atoms with Gasteiger partial charge in [-0.25, -0.2) is 4.98 Å². The molecule has 0 saturated carbocycles. The molecule has 0 saturated heterocycles. The second-order valence-electron chi connectivity index (χ2n) is 16.3. The first-order valence-electron chi connectivity index (χ1n) is 21.3. The van der Waals surface area contributed by atoms with Crippen LogP contribution in [0.4, 0.5) is 0 Å². The minimum Gasteiger partial charge on any atom is -0.455 e. The highest BCUT2D eigenvalue weighted by Crippen LogP contribution is 2.45. The smallest absolute Gasteiger partial charge is 0.238 e.